The molecule has 0 aliphatic heterocycles. The molecular weight excluding hydrogens is 377 g/mol. The number of ether oxygens (including phenoxy) is 1. The molecule has 0 aliphatic rings. The van der Waals surface area contributed by atoms with Gasteiger partial charge in [-0.05, 0) is 46.8 Å². The number of halogens is 1. The number of tetrazole rings is 1. The second-order valence-corrected chi connectivity index (χ2v) is 6.13. The summed E-state index contributed by atoms with van der Waals surface area (Å²) < 4.78 is 25.4. The number of hydrogen-bond acceptors (Lipinski definition) is 7. The smallest absolute Gasteiger partial charge is 0.306 e. The van der Waals surface area contributed by atoms with Crippen molar-refractivity contribution < 1.29 is 18.3 Å². The lowest BCUT2D eigenvalue weighted by Crippen LogP contribution is -2.10. The van der Waals surface area contributed by atoms with Gasteiger partial charge in [-0.3, -0.25) is 4.79 Å². The van der Waals surface area contributed by atoms with Gasteiger partial charge < -0.3 is 9.15 Å². The second-order valence-electron chi connectivity index (χ2n) is 6.13. The third-order valence-electron chi connectivity index (χ3n) is 4.12. The predicted molar refractivity (Wildman–Crippen MR) is 99.2 cm³/mol. The van der Waals surface area contributed by atoms with E-state index in [9.17, 15) is 9.18 Å². The Hall–Kier alpha value is -3.88. The number of hydrogen-bond donors (Lipinski definition) is 0. The summed E-state index contributed by atoms with van der Waals surface area (Å²) >= 11 is 0. The molecule has 2 aromatic carbocycles. The maximum atomic E-state index is 13.0. The normalized spacial score (nSPS) is 10.8. The summed E-state index contributed by atoms with van der Waals surface area (Å²) in [5.74, 6) is 0.578. The molecular formula is C20H16FN5O3. The summed E-state index contributed by atoms with van der Waals surface area (Å²) in [4.78, 5) is 16.2. The van der Waals surface area contributed by atoms with Crippen LogP contribution < -0.4 is 0 Å². The molecule has 0 saturated carbocycles. The molecule has 0 amide bonds. The van der Waals surface area contributed by atoms with Crippen LogP contribution in [0.4, 0.5) is 4.39 Å². The van der Waals surface area contributed by atoms with Gasteiger partial charge >= 0.3 is 5.97 Å². The fraction of sp³-hybridized carbons (Fsp3) is 0.150. The van der Waals surface area contributed by atoms with E-state index in [0.29, 0.717) is 23.0 Å². The molecule has 2 heterocycles. The first-order chi connectivity index (χ1) is 14.2. The Bertz CT molecular complexity index is 1090. The van der Waals surface area contributed by atoms with Crippen molar-refractivity contribution in [2.75, 3.05) is 0 Å². The van der Waals surface area contributed by atoms with Gasteiger partial charge in [-0.1, -0.05) is 18.2 Å². The van der Waals surface area contributed by atoms with E-state index < -0.39 is 5.97 Å². The van der Waals surface area contributed by atoms with Crippen LogP contribution in [0.2, 0.25) is 0 Å². The van der Waals surface area contributed by atoms with Gasteiger partial charge in [0, 0.05) is 12.0 Å². The zero-order valence-electron chi connectivity index (χ0n) is 15.2. The van der Waals surface area contributed by atoms with Crippen molar-refractivity contribution in [2.45, 2.75) is 19.4 Å². The molecule has 0 saturated heterocycles. The number of nitrogens with zero attached hydrogens (tertiary/aromatic N) is 5. The average Bonchev–Trinajstić information content (AvgIpc) is 3.41. The number of esters is 1. The number of aromatic nitrogens is 5. The van der Waals surface area contributed by atoms with Gasteiger partial charge in [-0.2, -0.15) is 4.68 Å². The van der Waals surface area contributed by atoms with Crippen LogP contribution in [0, 0.1) is 5.82 Å². The number of para-hydroxylation sites is 1. The van der Waals surface area contributed by atoms with Crippen LogP contribution in [0.15, 0.2) is 65.2 Å². The van der Waals surface area contributed by atoms with Gasteiger partial charge in [0.25, 0.3) is 0 Å². The Labute approximate surface area is 165 Å². The van der Waals surface area contributed by atoms with Crippen LogP contribution in [0.25, 0.3) is 17.0 Å². The van der Waals surface area contributed by atoms with Crippen molar-refractivity contribution in [1.29, 1.82) is 0 Å². The van der Waals surface area contributed by atoms with E-state index in [2.05, 4.69) is 20.5 Å². The van der Waals surface area contributed by atoms with Crippen LogP contribution in [0.3, 0.4) is 0 Å². The molecule has 2 aromatic heterocycles. The van der Waals surface area contributed by atoms with Crippen LogP contribution in [-0.2, 0) is 22.6 Å². The van der Waals surface area contributed by atoms with E-state index >= 15 is 0 Å². The first-order valence-electron chi connectivity index (χ1n) is 8.88. The van der Waals surface area contributed by atoms with Crippen molar-refractivity contribution in [3.63, 3.8) is 0 Å². The van der Waals surface area contributed by atoms with Gasteiger partial charge in [0.05, 0.1) is 18.3 Å². The maximum Gasteiger partial charge on any atom is 0.306 e. The highest BCUT2D eigenvalue weighted by Gasteiger charge is 2.13. The summed E-state index contributed by atoms with van der Waals surface area (Å²) in [6.45, 7) is -0.0485. The number of oxazole rings is 1. The standard InChI is InChI=1S/C20H16FN5O3/c21-15-8-6-14(7-9-15)17-12-22-19(29-17)10-11-20(27)28-13-18-23-24-25-26(18)16-4-2-1-3-5-16/h1-9,12H,10-11,13H2. The fourth-order valence-corrected chi connectivity index (χ4v) is 2.67. The molecule has 0 atom stereocenters. The summed E-state index contributed by atoms with van der Waals surface area (Å²) in [5, 5.41) is 11.4. The first-order valence-corrected chi connectivity index (χ1v) is 8.88. The van der Waals surface area contributed by atoms with Gasteiger partial charge in [-0.25, -0.2) is 9.37 Å². The number of aryl methyl sites for hydroxylation is 1. The van der Waals surface area contributed by atoms with E-state index in [4.69, 9.17) is 9.15 Å². The molecule has 0 fully saturated rings. The highest BCUT2D eigenvalue weighted by Crippen LogP contribution is 2.21. The third-order valence-corrected chi connectivity index (χ3v) is 4.12. The molecule has 8 nitrogen and oxygen atoms in total. The lowest BCUT2D eigenvalue weighted by atomic mass is 10.2. The Balaban J connectivity index is 1.30. The Morgan fingerprint density at radius 1 is 1.10 bits per heavy atom. The minimum Gasteiger partial charge on any atom is -0.457 e. The second kappa shape index (κ2) is 8.42. The molecule has 29 heavy (non-hydrogen) atoms. The summed E-state index contributed by atoms with van der Waals surface area (Å²) in [7, 11) is 0. The van der Waals surface area contributed by atoms with Crippen LogP contribution in [-0.4, -0.2) is 31.2 Å². The zero-order valence-corrected chi connectivity index (χ0v) is 15.2. The average molecular weight is 393 g/mol. The minimum absolute atomic E-state index is 0.0485. The number of rotatable bonds is 7. The Kier molecular flexibility index (Phi) is 5.37. The van der Waals surface area contributed by atoms with Crippen LogP contribution in [0.5, 0.6) is 0 Å². The molecule has 4 rings (SSSR count). The van der Waals surface area contributed by atoms with E-state index in [1.54, 1.807) is 18.3 Å². The van der Waals surface area contributed by atoms with Crippen LogP contribution >= 0.6 is 0 Å². The summed E-state index contributed by atoms with van der Waals surface area (Å²) in [6.07, 6.45) is 1.92. The van der Waals surface area contributed by atoms with Crippen molar-refractivity contribution in [2.24, 2.45) is 0 Å². The molecule has 146 valence electrons. The molecule has 0 radical (unpaired) electrons. The van der Waals surface area contributed by atoms with E-state index in [1.807, 2.05) is 30.3 Å². The zero-order chi connectivity index (χ0) is 20.1. The quantitative estimate of drug-likeness (QED) is 0.445. The van der Waals surface area contributed by atoms with E-state index in [1.165, 1.54) is 16.8 Å². The number of benzene rings is 2. The van der Waals surface area contributed by atoms with Crippen LogP contribution in [0.1, 0.15) is 18.1 Å². The molecule has 9 heteroatoms. The SMILES string of the molecule is O=C(CCc1ncc(-c2ccc(F)cc2)o1)OCc1nnnn1-c1ccccc1. The van der Waals surface area contributed by atoms with Gasteiger partial charge in [0.2, 0.25) is 0 Å². The first kappa shape index (κ1) is 18.5. The molecule has 0 N–H and O–H groups in total. The lowest BCUT2D eigenvalue weighted by molar-refractivity contribution is -0.145. The maximum absolute atomic E-state index is 13.0. The Morgan fingerprint density at radius 3 is 2.69 bits per heavy atom. The lowest BCUT2D eigenvalue weighted by Gasteiger charge is -2.05. The largest absolute Gasteiger partial charge is 0.457 e. The highest BCUT2D eigenvalue weighted by atomic mass is 19.1. The van der Waals surface area contributed by atoms with Gasteiger partial charge in [0.1, 0.15) is 5.82 Å². The van der Waals surface area contributed by atoms with E-state index in [-0.39, 0.29) is 25.3 Å². The van der Waals surface area contributed by atoms with Crippen molar-refractivity contribution in [3.8, 4) is 17.0 Å². The minimum atomic E-state index is -0.422. The molecule has 0 spiro atoms. The number of carbonyl (C=O) groups excluding carboxylic acids is 1. The molecule has 4 aromatic rings. The van der Waals surface area contributed by atoms with Crippen molar-refractivity contribution >= 4 is 5.97 Å². The summed E-state index contributed by atoms with van der Waals surface area (Å²) in [5.41, 5.74) is 1.48. The van der Waals surface area contributed by atoms with Crippen molar-refractivity contribution in [3.05, 3.63) is 78.3 Å². The molecule has 0 unspecified atom stereocenters. The predicted octanol–water partition coefficient (Wildman–Crippen LogP) is 3.13. The monoisotopic (exact) mass is 393 g/mol. The number of carbonyl (C=O) groups is 1. The van der Waals surface area contributed by atoms with E-state index in [0.717, 1.165) is 5.69 Å². The summed E-state index contributed by atoms with van der Waals surface area (Å²) in [6, 6.07) is 15.2. The van der Waals surface area contributed by atoms with Gasteiger partial charge in [0.15, 0.2) is 24.1 Å². The van der Waals surface area contributed by atoms with Gasteiger partial charge in [-0.15, -0.1) is 5.10 Å². The van der Waals surface area contributed by atoms with Crippen molar-refractivity contribution in [1.82, 2.24) is 25.2 Å². The fourth-order valence-electron chi connectivity index (χ4n) is 2.67. The topological polar surface area (TPSA) is 95.9 Å². The molecule has 0 bridgehead atoms. The molecule has 0 aliphatic carbocycles. The third kappa shape index (κ3) is 4.52. The highest BCUT2D eigenvalue weighted by molar-refractivity contribution is 5.69. The Morgan fingerprint density at radius 2 is 1.90 bits per heavy atom.